The van der Waals surface area contributed by atoms with Crippen molar-refractivity contribution < 1.29 is 9.90 Å². The number of rotatable bonds is 4. The number of phenolic OH excluding ortho intramolecular Hbond substituents is 1. The third-order valence-electron chi connectivity index (χ3n) is 3.10. The van der Waals surface area contributed by atoms with Crippen molar-refractivity contribution in [3.63, 3.8) is 0 Å². The molecule has 1 amide bonds. The molecule has 0 spiro atoms. The van der Waals surface area contributed by atoms with Gasteiger partial charge in [0.15, 0.2) is 0 Å². The maximum atomic E-state index is 12.3. The molecule has 1 aliphatic heterocycles. The van der Waals surface area contributed by atoms with Gasteiger partial charge in [-0.3, -0.25) is 9.69 Å². The summed E-state index contributed by atoms with van der Waals surface area (Å²) in [7, 11) is 3.94. The number of amidine groups is 1. The van der Waals surface area contributed by atoms with E-state index < -0.39 is 0 Å². The molecule has 0 aliphatic carbocycles. The Labute approximate surface area is 118 Å². The van der Waals surface area contributed by atoms with E-state index in [9.17, 15) is 9.90 Å². The van der Waals surface area contributed by atoms with Crippen molar-refractivity contribution in [3.05, 3.63) is 35.5 Å². The number of phenols is 1. The molecule has 5 heteroatoms. The molecular weight excluding hydrogens is 254 g/mol. The van der Waals surface area contributed by atoms with Gasteiger partial charge in [0.25, 0.3) is 5.91 Å². The molecule has 1 heterocycles. The average Bonchev–Trinajstić information content (AvgIpc) is 2.65. The number of aromatic hydroxyl groups is 1. The van der Waals surface area contributed by atoms with E-state index in [2.05, 4.69) is 4.99 Å². The highest BCUT2D eigenvalue weighted by atomic mass is 16.3. The average molecular weight is 273 g/mol. The van der Waals surface area contributed by atoms with Crippen molar-refractivity contribution in [2.45, 2.75) is 6.92 Å². The van der Waals surface area contributed by atoms with E-state index in [0.717, 1.165) is 17.9 Å². The Morgan fingerprint density at radius 3 is 2.55 bits per heavy atom. The summed E-state index contributed by atoms with van der Waals surface area (Å²) >= 11 is 0. The molecule has 0 aromatic heterocycles. The van der Waals surface area contributed by atoms with Gasteiger partial charge >= 0.3 is 0 Å². The Balaban J connectivity index is 2.15. The standard InChI is InChI=1S/C15H19N3O2/c1-11-16-14(10-12-4-6-13(19)7-5-12)15(20)18(11)9-8-17(2)3/h4-7,10,19H,8-9H2,1-3H3/b14-10-. The van der Waals surface area contributed by atoms with E-state index in [1.807, 2.05) is 25.9 Å². The maximum absolute atomic E-state index is 12.3. The fraction of sp³-hybridized carbons (Fsp3) is 0.333. The first kappa shape index (κ1) is 14.3. The first-order valence-electron chi connectivity index (χ1n) is 6.50. The minimum absolute atomic E-state index is 0.0718. The van der Waals surface area contributed by atoms with Gasteiger partial charge < -0.3 is 10.0 Å². The lowest BCUT2D eigenvalue weighted by atomic mass is 10.2. The molecular formula is C15H19N3O2. The van der Waals surface area contributed by atoms with Crippen molar-refractivity contribution >= 4 is 17.8 Å². The van der Waals surface area contributed by atoms with Crippen LogP contribution in [0.2, 0.25) is 0 Å². The maximum Gasteiger partial charge on any atom is 0.277 e. The lowest BCUT2D eigenvalue weighted by molar-refractivity contribution is -0.122. The van der Waals surface area contributed by atoms with E-state index in [-0.39, 0.29) is 11.7 Å². The Hall–Kier alpha value is -2.14. The molecule has 1 aromatic carbocycles. The van der Waals surface area contributed by atoms with Crippen LogP contribution in [0.15, 0.2) is 35.0 Å². The van der Waals surface area contributed by atoms with Gasteiger partial charge in [0.2, 0.25) is 0 Å². The highest BCUT2D eigenvalue weighted by molar-refractivity contribution is 6.13. The molecule has 106 valence electrons. The Bertz CT molecular complexity index is 559. The smallest absolute Gasteiger partial charge is 0.277 e. The number of aliphatic imine (C=N–C) groups is 1. The van der Waals surface area contributed by atoms with Crippen LogP contribution in [-0.2, 0) is 4.79 Å². The number of hydrogen-bond donors (Lipinski definition) is 1. The number of benzene rings is 1. The van der Waals surface area contributed by atoms with Gasteiger partial charge in [-0.15, -0.1) is 0 Å². The van der Waals surface area contributed by atoms with Crippen LogP contribution in [0, 0.1) is 0 Å². The third-order valence-corrected chi connectivity index (χ3v) is 3.10. The predicted molar refractivity (Wildman–Crippen MR) is 79.5 cm³/mol. The van der Waals surface area contributed by atoms with Crippen molar-refractivity contribution in [2.75, 3.05) is 27.2 Å². The van der Waals surface area contributed by atoms with Crippen molar-refractivity contribution in [3.8, 4) is 5.75 Å². The molecule has 2 rings (SSSR count). The summed E-state index contributed by atoms with van der Waals surface area (Å²) in [5.74, 6) is 0.858. The summed E-state index contributed by atoms with van der Waals surface area (Å²) < 4.78 is 0. The molecule has 5 nitrogen and oxygen atoms in total. The number of carbonyl (C=O) groups excluding carboxylic acids is 1. The largest absolute Gasteiger partial charge is 0.508 e. The molecule has 0 bridgehead atoms. The lowest BCUT2D eigenvalue weighted by Crippen LogP contribution is -2.36. The zero-order chi connectivity index (χ0) is 14.7. The van der Waals surface area contributed by atoms with Crippen LogP contribution in [0.4, 0.5) is 0 Å². The SMILES string of the molecule is CC1=N/C(=C\c2ccc(O)cc2)C(=O)N1CCN(C)C. The molecule has 0 saturated carbocycles. The monoisotopic (exact) mass is 273 g/mol. The fourth-order valence-corrected chi connectivity index (χ4v) is 1.95. The van der Waals surface area contributed by atoms with Gasteiger partial charge in [0.1, 0.15) is 17.3 Å². The van der Waals surface area contributed by atoms with E-state index in [1.54, 1.807) is 35.2 Å². The first-order valence-corrected chi connectivity index (χ1v) is 6.50. The van der Waals surface area contributed by atoms with Crippen LogP contribution in [0.1, 0.15) is 12.5 Å². The van der Waals surface area contributed by atoms with Gasteiger partial charge in [0.05, 0.1) is 0 Å². The van der Waals surface area contributed by atoms with E-state index in [0.29, 0.717) is 12.2 Å². The van der Waals surface area contributed by atoms with Crippen LogP contribution in [0.5, 0.6) is 5.75 Å². The van der Waals surface area contributed by atoms with Gasteiger partial charge in [0, 0.05) is 13.1 Å². The first-order chi connectivity index (χ1) is 9.47. The van der Waals surface area contributed by atoms with Gasteiger partial charge in [-0.25, -0.2) is 4.99 Å². The number of nitrogens with zero attached hydrogens (tertiary/aromatic N) is 3. The topological polar surface area (TPSA) is 56.1 Å². The normalized spacial score (nSPS) is 17.2. The fourth-order valence-electron chi connectivity index (χ4n) is 1.95. The van der Waals surface area contributed by atoms with Gasteiger partial charge in [-0.1, -0.05) is 12.1 Å². The van der Waals surface area contributed by atoms with Crippen molar-refractivity contribution in [1.82, 2.24) is 9.80 Å². The highest BCUT2D eigenvalue weighted by Gasteiger charge is 2.26. The van der Waals surface area contributed by atoms with Gasteiger partial charge in [-0.05, 0) is 44.8 Å². The van der Waals surface area contributed by atoms with Crippen LogP contribution in [-0.4, -0.2) is 53.8 Å². The van der Waals surface area contributed by atoms with Crippen LogP contribution in [0.3, 0.4) is 0 Å². The molecule has 1 N–H and O–H groups in total. The van der Waals surface area contributed by atoms with Crippen LogP contribution < -0.4 is 0 Å². The van der Waals surface area contributed by atoms with Crippen LogP contribution >= 0.6 is 0 Å². The number of likely N-dealkylation sites (N-methyl/N-ethyl adjacent to an activating group) is 1. The van der Waals surface area contributed by atoms with E-state index in [1.165, 1.54) is 0 Å². The molecule has 20 heavy (non-hydrogen) atoms. The molecule has 0 fully saturated rings. The molecule has 1 aromatic rings. The third kappa shape index (κ3) is 3.24. The summed E-state index contributed by atoms with van der Waals surface area (Å²) in [6, 6.07) is 6.68. The minimum Gasteiger partial charge on any atom is -0.508 e. The Morgan fingerprint density at radius 2 is 1.95 bits per heavy atom. The number of hydrogen-bond acceptors (Lipinski definition) is 4. The Kier molecular flexibility index (Phi) is 4.20. The lowest BCUT2D eigenvalue weighted by Gasteiger charge is -2.18. The number of carbonyl (C=O) groups is 1. The quantitative estimate of drug-likeness (QED) is 0.847. The van der Waals surface area contributed by atoms with Crippen molar-refractivity contribution in [2.24, 2.45) is 4.99 Å². The number of amides is 1. The zero-order valence-electron chi connectivity index (χ0n) is 12.0. The second kappa shape index (κ2) is 5.88. The minimum atomic E-state index is -0.0718. The molecule has 1 aliphatic rings. The second-order valence-corrected chi connectivity index (χ2v) is 5.04. The molecule has 0 unspecified atom stereocenters. The summed E-state index contributed by atoms with van der Waals surface area (Å²) in [4.78, 5) is 20.3. The summed E-state index contributed by atoms with van der Waals surface area (Å²) in [5.41, 5.74) is 1.28. The molecule has 0 saturated heterocycles. The van der Waals surface area contributed by atoms with Gasteiger partial charge in [-0.2, -0.15) is 0 Å². The van der Waals surface area contributed by atoms with Crippen molar-refractivity contribution in [1.29, 1.82) is 0 Å². The predicted octanol–water partition coefficient (Wildman–Crippen LogP) is 1.56. The zero-order valence-corrected chi connectivity index (χ0v) is 12.0. The highest BCUT2D eigenvalue weighted by Crippen LogP contribution is 2.19. The second-order valence-electron chi connectivity index (χ2n) is 5.04. The Morgan fingerprint density at radius 1 is 1.30 bits per heavy atom. The van der Waals surface area contributed by atoms with E-state index >= 15 is 0 Å². The summed E-state index contributed by atoms with van der Waals surface area (Å²) in [6.45, 7) is 3.27. The summed E-state index contributed by atoms with van der Waals surface area (Å²) in [5, 5.41) is 9.25. The molecule has 0 radical (unpaired) electrons. The van der Waals surface area contributed by atoms with Crippen LogP contribution in [0.25, 0.3) is 6.08 Å². The summed E-state index contributed by atoms with van der Waals surface area (Å²) in [6.07, 6.45) is 1.74. The van der Waals surface area contributed by atoms with E-state index in [4.69, 9.17) is 0 Å². The molecule has 0 atom stereocenters.